The number of nitrogens with zero attached hydrogens (tertiary/aromatic N) is 1. The Morgan fingerprint density at radius 3 is 2.76 bits per heavy atom. The van der Waals surface area contributed by atoms with Gasteiger partial charge in [0.05, 0.1) is 5.92 Å². The van der Waals surface area contributed by atoms with Gasteiger partial charge in [-0.25, -0.2) is 0 Å². The molecule has 0 aromatic heterocycles. The summed E-state index contributed by atoms with van der Waals surface area (Å²) in [6.45, 7) is 1.98. The third-order valence-electron chi connectivity index (χ3n) is 3.32. The van der Waals surface area contributed by atoms with E-state index in [1.165, 1.54) is 0 Å². The molecule has 2 rings (SSSR count). The standard InChI is InChI=1S/C13H15NO3/c1-9-6-7-12(14(16)17)11(8-9)10-4-2-3-5-13(10)15/h2-6,11-12,15H,7-8H2,1H3/t11-,12+/m1/s1. The van der Waals surface area contributed by atoms with E-state index in [0.717, 1.165) is 5.57 Å². The molecule has 1 aromatic rings. The number of para-hydroxylation sites is 1. The van der Waals surface area contributed by atoms with Gasteiger partial charge in [-0.1, -0.05) is 29.8 Å². The van der Waals surface area contributed by atoms with Crippen molar-refractivity contribution in [2.24, 2.45) is 0 Å². The van der Waals surface area contributed by atoms with Crippen molar-refractivity contribution >= 4 is 0 Å². The lowest BCUT2D eigenvalue weighted by atomic mass is 9.80. The summed E-state index contributed by atoms with van der Waals surface area (Å²) < 4.78 is 0. The molecule has 0 aliphatic heterocycles. The first-order valence-corrected chi connectivity index (χ1v) is 5.66. The number of hydrogen-bond donors (Lipinski definition) is 1. The van der Waals surface area contributed by atoms with Crippen molar-refractivity contribution in [3.63, 3.8) is 0 Å². The third-order valence-corrected chi connectivity index (χ3v) is 3.32. The topological polar surface area (TPSA) is 63.4 Å². The van der Waals surface area contributed by atoms with Gasteiger partial charge in [0.25, 0.3) is 0 Å². The maximum atomic E-state index is 11.1. The van der Waals surface area contributed by atoms with Crippen LogP contribution in [0.4, 0.5) is 0 Å². The molecule has 1 aliphatic rings. The summed E-state index contributed by atoms with van der Waals surface area (Å²) in [5.74, 6) is -0.0738. The molecule has 4 heteroatoms. The van der Waals surface area contributed by atoms with Crippen LogP contribution >= 0.6 is 0 Å². The molecule has 1 N–H and O–H groups in total. The van der Waals surface area contributed by atoms with Crippen LogP contribution in [0, 0.1) is 10.1 Å². The van der Waals surface area contributed by atoms with Gasteiger partial charge in [0.2, 0.25) is 6.04 Å². The smallest absolute Gasteiger partial charge is 0.223 e. The summed E-state index contributed by atoms with van der Waals surface area (Å²) in [4.78, 5) is 10.8. The summed E-state index contributed by atoms with van der Waals surface area (Å²) in [5, 5.41) is 20.9. The molecule has 1 aliphatic carbocycles. The van der Waals surface area contributed by atoms with Crippen molar-refractivity contribution in [1.29, 1.82) is 0 Å². The normalized spacial score (nSPS) is 24.2. The van der Waals surface area contributed by atoms with Gasteiger partial charge in [-0.05, 0) is 19.4 Å². The van der Waals surface area contributed by atoms with E-state index in [1.54, 1.807) is 24.3 Å². The number of allylic oxidation sites excluding steroid dienone is 1. The van der Waals surface area contributed by atoms with Crippen LogP contribution in [0.25, 0.3) is 0 Å². The molecule has 0 heterocycles. The van der Waals surface area contributed by atoms with Gasteiger partial charge < -0.3 is 5.11 Å². The molecule has 2 atom stereocenters. The van der Waals surface area contributed by atoms with Crippen LogP contribution in [0.3, 0.4) is 0 Å². The first kappa shape index (κ1) is 11.6. The van der Waals surface area contributed by atoms with Crippen molar-refractivity contribution in [2.75, 3.05) is 0 Å². The zero-order chi connectivity index (χ0) is 12.4. The quantitative estimate of drug-likeness (QED) is 0.485. The molecule has 90 valence electrons. The number of phenols is 1. The summed E-state index contributed by atoms with van der Waals surface area (Å²) >= 11 is 0. The van der Waals surface area contributed by atoms with E-state index < -0.39 is 6.04 Å². The fourth-order valence-corrected chi connectivity index (χ4v) is 2.40. The first-order valence-electron chi connectivity index (χ1n) is 5.66. The molecule has 0 saturated heterocycles. The van der Waals surface area contributed by atoms with E-state index in [9.17, 15) is 15.2 Å². The van der Waals surface area contributed by atoms with E-state index in [1.807, 2.05) is 13.0 Å². The van der Waals surface area contributed by atoms with Crippen LogP contribution in [0.5, 0.6) is 5.75 Å². The van der Waals surface area contributed by atoms with E-state index in [0.29, 0.717) is 18.4 Å². The molecular weight excluding hydrogens is 218 g/mol. The highest BCUT2D eigenvalue weighted by molar-refractivity contribution is 5.37. The number of benzene rings is 1. The molecule has 0 unspecified atom stereocenters. The van der Waals surface area contributed by atoms with Crippen LogP contribution < -0.4 is 0 Å². The number of nitro groups is 1. The van der Waals surface area contributed by atoms with E-state index >= 15 is 0 Å². The average Bonchev–Trinajstić information content (AvgIpc) is 2.29. The lowest BCUT2D eigenvalue weighted by Gasteiger charge is -2.25. The summed E-state index contributed by atoms with van der Waals surface area (Å²) in [6, 6.07) is 6.26. The highest BCUT2D eigenvalue weighted by Crippen LogP contribution is 2.38. The van der Waals surface area contributed by atoms with Gasteiger partial charge in [-0.15, -0.1) is 0 Å². The summed E-state index contributed by atoms with van der Waals surface area (Å²) in [6.07, 6.45) is 3.00. The number of hydrogen-bond acceptors (Lipinski definition) is 3. The Hall–Kier alpha value is -1.84. The zero-order valence-electron chi connectivity index (χ0n) is 9.67. The van der Waals surface area contributed by atoms with Crippen molar-refractivity contribution in [2.45, 2.75) is 31.7 Å². The van der Waals surface area contributed by atoms with Crippen LogP contribution in [0.2, 0.25) is 0 Å². The van der Waals surface area contributed by atoms with Crippen molar-refractivity contribution in [3.8, 4) is 5.75 Å². The first-order chi connectivity index (χ1) is 8.09. The van der Waals surface area contributed by atoms with Gasteiger partial charge in [-0.3, -0.25) is 10.1 Å². The van der Waals surface area contributed by atoms with Crippen LogP contribution in [0.1, 0.15) is 31.2 Å². The van der Waals surface area contributed by atoms with Gasteiger partial charge >= 0.3 is 0 Å². The minimum absolute atomic E-state index is 0.152. The molecular formula is C13H15NO3. The SMILES string of the molecule is CC1=CC[C@H]([N+](=O)[O-])[C@@H](c2ccccc2O)C1. The highest BCUT2D eigenvalue weighted by atomic mass is 16.6. The molecule has 0 spiro atoms. The predicted molar refractivity (Wildman–Crippen MR) is 64.6 cm³/mol. The minimum atomic E-state index is -0.632. The molecule has 17 heavy (non-hydrogen) atoms. The fraction of sp³-hybridized carbons (Fsp3) is 0.385. The monoisotopic (exact) mass is 233 g/mol. The Bertz CT molecular complexity index is 467. The maximum Gasteiger partial charge on any atom is 0.223 e. The van der Waals surface area contributed by atoms with Crippen molar-refractivity contribution in [1.82, 2.24) is 0 Å². The molecule has 0 amide bonds. The Labute approximate surface area is 99.7 Å². The molecule has 0 bridgehead atoms. The maximum absolute atomic E-state index is 11.1. The number of phenolic OH excluding ortho intramolecular Hbond substituents is 1. The van der Waals surface area contributed by atoms with Crippen LogP contribution in [0.15, 0.2) is 35.9 Å². The van der Waals surface area contributed by atoms with E-state index in [4.69, 9.17) is 0 Å². The average molecular weight is 233 g/mol. The second-order valence-corrected chi connectivity index (χ2v) is 4.51. The van der Waals surface area contributed by atoms with E-state index in [2.05, 4.69) is 0 Å². The molecule has 1 aromatic carbocycles. The van der Waals surface area contributed by atoms with Crippen molar-refractivity contribution in [3.05, 3.63) is 51.6 Å². The van der Waals surface area contributed by atoms with Gasteiger partial charge in [-0.2, -0.15) is 0 Å². The van der Waals surface area contributed by atoms with Crippen LogP contribution in [-0.4, -0.2) is 16.1 Å². The fourth-order valence-electron chi connectivity index (χ4n) is 2.40. The number of rotatable bonds is 2. The zero-order valence-corrected chi connectivity index (χ0v) is 9.67. The molecule has 0 fully saturated rings. The Morgan fingerprint density at radius 2 is 2.12 bits per heavy atom. The van der Waals surface area contributed by atoms with Gasteiger partial charge in [0.15, 0.2) is 0 Å². The van der Waals surface area contributed by atoms with Crippen LogP contribution in [-0.2, 0) is 0 Å². The lowest BCUT2D eigenvalue weighted by molar-refractivity contribution is -0.526. The van der Waals surface area contributed by atoms with Gasteiger partial charge in [0, 0.05) is 16.9 Å². The number of aromatic hydroxyl groups is 1. The second kappa shape index (κ2) is 4.57. The minimum Gasteiger partial charge on any atom is -0.508 e. The Balaban J connectivity index is 2.38. The largest absolute Gasteiger partial charge is 0.508 e. The third kappa shape index (κ3) is 2.30. The molecule has 0 radical (unpaired) electrons. The lowest BCUT2D eigenvalue weighted by Crippen LogP contribution is -2.29. The summed E-state index contributed by atoms with van der Waals surface area (Å²) in [5.41, 5.74) is 1.83. The molecule has 4 nitrogen and oxygen atoms in total. The predicted octanol–water partition coefficient (Wildman–Crippen LogP) is 2.86. The molecule has 0 saturated carbocycles. The Kier molecular flexibility index (Phi) is 3.13. The highest BCUT2D eigenvalue weighted by Gasteiger charge is 2.35. The van der Waals surface area contributed by atoms with E-state index in [-0.39, 0.29) is 16.6 Å². The second-order valence-electron chi connectivity index (χ2n) is 4.51. The Morgan fingerprint density at radius 1 is 1.41 bits per heavy atom. The summed E-state index contributed by atoms with van der Waals surface area (Å²) in [7, 11) is 0. The van der Waals surface area contributed by atoms with Gasteiger partial charge in [0.1, 0.15) is 5.75 Å². The van der Waals surface area contributed by atoms with Crippen molar-refractivity contribution < 1.29 is 10.0 Å².